The Kier molecular flexibility index (Phi) is 9.24. The Labute approximate surface area is 120 Å². The average molecular weight is 421 g/mol. The molecule has 0 N–H and O–H groups in total. The van der Waals surface area contributed by atoms with Crippen LogP contribution in [0.2, 0.25) is 0 Å². The second-order valence-electron chi connectivity index (χ2n) is 2.37. The molecule has 0 saturated carbocycles. The molecule has 0 atom stereocenters. The van der Waals surface area contributed by atoms with Crippen LogP contribution in [0.1, 0.15) is 0 Å². The van der Waals surface area contributed by atoms with Gasteiger partial charge in [0.2, 0.25) is 0 Å². The molecule has 2 nitrogen and oxygen atoms in total. The van der Waals surface area contributed by atoms with Crippen molar-refractivity contribution in [1.82, 2.24) is 9.97 Å². The Morgan fingerprint density at radius 3 is 1.07 bits per heavy atom. The quantitative estimate of drug-likeness (QED) is 0.550. The topological polar surface area (TPSA) is 25.8 Å². The molecule has 5 heteroatoms. The van der Waals surface area contributed by atoms with Gasteiger partial charge in [-0.25, -0.2) is 0 Å². The summed E-state index contributed by atoms with van der Waals surface area (Å²) in [7, 11) is 0. The third-order valence-electron chi connectivity index (χ3n) is 1.30. The molecular weight excluding hydrogens is 412 g/mol. The van der Waals surface area contributed by atoms with E-state index in [1.807, 2.05) is 24.3 Å². The fraction of sp³-hybridized carbons (Fsp3) is 0. The second-order valence-corrected chi connectivity index (χ2v) is 4.34. The van der Waals surface area contributed by atoms with E-state index in [-0.39, 0.29) is 20.4 Å². The van der Waals surface area contributed by atoms with Gasteiger partial charge >= 0.3 is 120 Å². The summed E-state index contributed by atoms with van der Waals surface area (Å²) in [4.78, 5) is 7.65. The second kappa shape index (κ2) is 9.24. The van der Waals surface area contributed by atoms with E-state index in [1.54, 1.807) is 24.8 Å². The van der Waals surface area contributed by atoms with Gasteiger partial charge in [0, 0.05) is 0 Å². The number of hydrogen-bond donors (Lipinski definition) is 0. The summed E-state index contributed by atoms with van der Waals surface area (Å²) < 4.78 is 2.27. The van der Waals surface area contributed by atoms with Gasteiger partial charge < -0.3 is 0 Å². The molecule has 2 rings (SSSR count). The van der Waals surface area contributed by atoms with Gasteiger partial charge in [0.1, 0.15) is 0 Å². The molecule has 0 bridgehead atoms. The van der Waals surface area contributed by atoms with E-state index in [2.05, 4.69) is 42.0 Å². The molecule has 0 amide bonds. The van der Waals surface area contributed by atoms with Crippen molar-refractivity contribution in [3.05, 3.63) is 49.1 Å². The van der Waals surface area contributed by atoms with Crippen molar-refractivity contribution in [1.29, 1.82) is 0 Å². The van der Waals surface area contributed by atoms with E-state index in [4.69, 9.17) is 0 Å². The molecule has 0 aliphatic carbocycles. The van der Waals surface area contributed by atoms with Crippen molar-refractivity contribution in [2.45, 2.75) is 0 Å². The fourth-order valence-electron chi connectivity index (χ4n) is 0.676. The molecule has 0 aromatic carbocycles. The molecule has 2 heterocycles. The number of pyridine rings is 2. The van der Waals surface area contributed by atoms with E-state index in [0.717, 1.165) is 8.92 Å². The van der Waals surface area contributed by atoms with E-state index in [1.165, 1.54) is 0 Å². The third-order valence-corrected chi connectivity index (χ3v) is 2.44. The first-order valence-electron chi connectivity index (χ1n) is 3.93. The molecular formula is C10H8N2PdSe2+2. The minimum atomic E-state index is 0. The van der Waals surface area contributed by atoms with Crippen LogP contribution in [0.25, 0.3) is 0 Å². The van der Waals surface area contributed by atoms with Crippen molar-refractivity contribution in [3.8, 4) is 0 Å². The van der Waals surface area contributed by atoms with Crippen LogP contribution in [0.3, 0.4) is 0 Å². The number of hydrogen-bond acceptors (Lipinski definition) is 2. The van der Waals surface area contributed by atoms with Crippen molar-refractivity contribution < 1.29 is 20.4 Å². The van der Waals surface area contributed by atoms with Crippen molar-refractivity contribution >= 4 is 40.9 Å². The van der Waals surface area contributed by atoms with Gasteiger partial charge in [0.15, 0.2) is 0 Å². The maximum absolute atomic E-state index is 3.83. The molecule has 0 saturated heterocycles. The van der Waals surface area contributed by atoms with Crippen LogP contribution in [-0.2, 0) is 20.4 Å². The van der Waals surface area contributed by atoms with Crippen LogP contribution in [-0.4, -0.2) is 42.0 Å². The summed E-state index contributed by atoms with van der Waals surface area (Å²) >= 11 is 5.72. The first-order valence-corrected chi connectivity index (χ1v) is 5.64. The Balaban J connectivity index is 0.000000245. The van der Waals surface area contributed by atoms with E-state index >= 15 is 0 Å². The predicted molar refractivity (Wildman–Crippen MR) is 59.3 cm³/mol. The van der Waals surface area contributed by atoms with Gasteiger partial charge in [0.25, 0.3) is 0 Å². The first-order chi connectivity index (χ1) is 6.79. The zero-order chi connectivity index (χ0) is 10.2. The Hall–Kier alpha value is 0.00130. The van der Waals surface area contributed by atoms with E-state index in [0.29, 0.717) is 0 Å². The Bertz CT molecular complexity index is 319. The monoisotopic (exact) mass is 422 g/mol. The van der Waals surface area contributed by atoms with Crippen LogP contribution >= 0.6 is 0 Å². The van der Waals surface area contributed by atoms with Crippen LogP contribution in [0, 0.1) is 0 Å². The number of rotatable bonds is 0. The molecule has 0 fully saturated rings. The summed E-state index contributed by atoms with van der Waals surface area (Å²) in [5.41, 5.74) is 0. The van der Waals surface area contributed by atoms with Crippen LogP contribution in [0.4, 0.5) is 0 Å². The third kappa shape index (κ3) is 7.88. The Morgan fingerprint density at radius 2 is 0.933 bits per heavy atom. The summed E-state index contributed by atoms with van der Waals surface area (Å²) in [5, 5.41) is 0. The Morgan fingerprint density at radius 1 is 0.667 bits per heavy atom. The molecule has 0 aliphatic heterocycles. The number of aromatic nitrogens is 2. The summed E-state index contributed by atoms with van der Waals surface area (Å²) in [5.74, 6) is 0. The molecule has 78 valence electrons. The predicted octanol–water partition coefficient (Wildman–Crippen LogP) is -0.252. The zero-order valence-electron chi connectivity index (χ0n) is 7.65. The summed E-state index contributed by atoms with van der Waals surface area (Å²) in [6.45, 7) is 0. The van der Waals surface area contributed by atoms with Crippen molar-refractivity contribution in [3.63, 3.8) is 0 Å². The van der Waals surface area contributed by atoms with Gasteiger partial charge in [-0.1, -0.05) is 0 Å². The SMILES string of the molecule is [Pd+2].[Se]c1ccncc1.[Se]c1ccncc1. The zero-order valence-corrected chi connectivity index (χ0v) is 12.6. The molecule has 0 spiro atoms. The van der Waals surface area contributed by atoms with E-state index in [9.17, 15) is 0 Å². The van der Waals surface area contributed by atoms with Gasteiger partial charge in [-0.05, 0) is 0 Å². The maximum atomic E-state index is 3.83. The standard InChI is InChI=1S/2C5H4NSe.Pd/c2*7-5-1-3-6-4-2-5;/h2*1-4H;/q;;+2. The van der Waals surface area contributed by atoms with Crippen LogP contribution < -0.4 is 8.92 Å². The molecule has 15 heavy (non-hydrogen) atoms. The normalized spacial score (nSPS) is 8.00. The summed E-state index contributed by atoms with van der Waals surface area (Å²) in [6.07, 6.45) is 7.02. The van der Waals surface area contributed by atoms with Crippen molar-refractivity contribution in [2.75, 3.05) is 0 Å². The van der Waals surface area contributed by atoms with Gasteiger partial charge in [0.05, 0.1) is 0 Å². The van der Waals surface area contributed by atoms with Gasteiger partial charge in [-0.2, -0.15) is 0 Å². The van der Waals surface area contributed by atoms with Crippen LogP contribution in [0.5, 0.6) is 0 Å². The summed E-state index contributed by atoms with van der Waals surface area (Å²) in [6, 6.07) is 7.67. The fourth-order valence-corrected chi connectivity index (χ4v) is 1.19. The molecule has 2 aromatic heterocycles. The first kappa shape index (κ1) is 15.0. The molecule has 0 unspecified atom stereocenters. The molecule has 0 aliphatic rings. The van der Waals surface area contributed by atoms with Crippen molar-refractivity contribution in [2.24, 2.45) is 0 Å². The number of nitrogens with zero attached hydrogens (tertiary/aromatic N) is 2. The van der Waals surface area contributed by atoms with Crippen LogP contribution in [0.15, 0.2) is 49.1 Å². The average Bonchev–Trinajstić information content (AvgIpc) is 2.21. The van der Waals surface area contributed by atoms with Gasteiger partial charge in [-0.3, -0.25) is 0 Å². The molecule has 2 radical (unpaired) electrons. The minimum absolute atomic E-state index is 0. The van der Waals surface area contributed by atoms with Gasteiger partial charge in [-0.15, -0.1) is 0 Å². The van der Waals surface area contributed by atoms with E-state index < -0.39 is 0 Å². The molecule has 2 aromatic rings.